The van der Waals surface area contributed by atoms with Gasteiger partial charge in [-0.2, -0.15) is 0 Å². The van der Waals surface area contributed by atoms with Crippen molar-refractivity contribution in [3.8, 4) is 0 Å². The fraction of sp³-hybridized carbons (Fsp3) is 0. The van der Waals surface area contributed by atoms with Gasteiger partial charge in [0.05, 0.1) is 0 Å². The molecule has 1 radical (unpaired) electrons. The fourth-order valence-corrected chi connectivity index (χ4v) is 0. The molecule has 1 nitrogen and oxygen atoms in total. The molecule has 0 heterocycles. The molecule has 0 amide bonds. The number of rotatable bonds is 0. The normalized spacial score (nSPS) is 1.00. The molecule has 0 saturated carbocycles. The molecule has 19 valence electrons. The third-order valence-corrected chi connectivity index (χ3v) is 0. The summed E-state index contributed by atoms with van der Waals surface area (Å²) in [4.78, 5) is 0. The van der Waals surface area contributed by atoms with Crippen molar-refractivity contribution in [1.82, 2.24) is 0 Å². The molecule has 0 aliphatic rings. The van der Waals surface area contributed by atoms with E-state index in [0.717, 1.165) is 0 Å². The molecule has 0 aromatic carbocycles. The van der Waals surface area contributed by atoms with Gasteiger partial charge in [0, 0.05) is 25.8 Å². The summed E-state index contributed by atoms with van der Waals surface area (Å²) in [5.74, 6) is 0. The Hall–Kier alpha value is 2.15. The minimum atomic E-state index is 0. The van der Waals surface area contributed by atoms with Gasteiger partial charge in [-0.1, -0.05) is 0 Å². The Morgan fingerprint density at radius 3 is 1.25 bits per heavy atom. The molecule has 0 aliphatic carbocycles. The van der Waals surface area contributed by atoms with E-state index >= 15 is 0 Å². The smallest absolute Gasteiger partial charge is 0 e. The molecule has 0 aromatic heterocycles. The maximum absolute atomic E-state index is 8.28. The molecule has 0 saturated heterocycles. The molecule has 0 rings (SSSR count). The second-order valence-corrected chi connectivity index (χ2v) is 0. The summed E-state index contributed by atoms with van der Waals surface area (Å²) in [5, 5.41) is 0. The van der Waals surface area contributed by atoms with Crippen molar-refractivity contribution < 1.29 is 30.3 Å². The molecule has 0 spiro atoms. The first kappa shape index (κ1) is 16.4. The van der Waals surface area contributed by atoms with E-state index < -0.39 is 0 Å². The molecular formula is H4CaOScSi. The van der Waals surface area contributed by atoms with Gasteiger partial charge < -0.3 is 4.46 Å². The van der Waals surface area contributed by atoms with E-state index in [9.17, 15) is 0 Å². The molecule has 0 fully saturated rings. The van der Waals surface area contributed by atoms with Crippen LogP contribution in [-0.2, 0) is 30.3 Å². The van der Waals surface area contributed by atoms with Crippen LogP contribution < -0.4 is 0 Å². The van der Waals surface area contributed by atoms with E-state index in [0.29, 0.717) is 10.1 Å². The van der Waals surface area contributed by atoms with Gasteiger partial charge in [0.2, 0.25) is 10.1 Å². The first-order chi connectivity index (χ1) is 1.00. The van der Waals surface area contributed by atoms with Crippen molar-refractivity contribution in [1.29, 1.82) is 0 Å². The van der Waals surface area contributed by atoms with Crippen LogP contribution in [0.4, 0.5) is 0 Å². The Bertz CT molecular complexity index is 8.00. The van der Waals surface area contributed by atoms with E-state index in [1.165, 1.54) is 0 Å². The maximum atomic E-state index is 8.28. The van der Waals surface area contributed by atoms with Crippen LogP contribution in [0.3, 0.4) is 0 Å². The standard InChI is InChI=1S/Ca.H2OSi.Sc.2H/c;1-2;;;/h;2H2;;;. The van der Waals surface area contributed by atoms with Crippen LogP contribution in [-0.4, -0.2) is 47.9 Å². The van der Waals surface area contributed by atoms with Crippen molar-refractivity contribution in [2.24, 2.45) is 0 Å². The van der Waals surface area contributed by atoms with Gasteiger partial charge in [0.15, 0.2) is 0 Å². The van der Waals surface area contributed by atoms with Crippen LogP contribution in [0.2, 0.25) is 0 Å². The van der Waals surface area contributed by atoms with E-state index in [1.807, 2.05) is 0 Å². The molecule has 0 unspecified atom stereocenters. The van der Waals surface area contributed by atoms with Crippen LogP contribution in [0.25, 0.3) is 0 Å². The summed E-state index contributed by atoms with van der Waals surface area (Å²) in [6.07, 6.45) is 0. The van der Waals surface area contributed by atoms with Gasteiger partial charge in [-0.3, -0.25) is 0 Å². The Morgan fingerprint density at radius 2 is 1.25 bits per heavy atom. The third-order valence-electron chi connectivity index (χ3n) is 0. The first-order valence-electron chi connectivity index (χ1n) is 0.289. The molecule has 0 aromatic rings. The van der Waals surface area contributed by atoms with Crippen molar-refractivity contribution in [2.45, 2.75) is 0 Å². The SMILES string of the molecule is O=[SiH2].[CaH2].[Sc]. The topological polar surface area (TPSA) is 17.1 Å². The molecule has 0 bridgehead atoms. The van der Waals surface area contributed by atoms with Crippen LogP contribution in [0.15, 0.2) is 0 Å². The average molecular weight is 133 g/mol. The summed E-state index contributed by atoms with van der Waals surface area (Å²) in [6.45, 7) is 0. The van der Waals surface area contributed by atoms with Crippen molar-refractivity contribution in [3.05, 3.63) is 0 Å². The first-order valence-corrected chi connectivity index (χ1v) is 0.866. The molecule has 4 heavy (non-hydrogen) atoms. The summed E-state index contributed by atoms with van der Waals surface area (Å²) in [5.41, 5.74) is 0. The summed E-state index contributed by atoms with van der Waals surface area (Å²) in [7, 11) is 0.611. The average Bonchev–Trinajstić information content (AvgIpc) is 1.00. The number of hydrogen-bond donors (Lipinski definition) is 0. The van der Waals surface area contributed by atoms with Crippen LogP contribution >= 0.6 is 0 Å². The van der Waals surface area contributed by atoms with Gasteiger partial charge in [0.25, 0.3) is 0 Å². The van der Waals surface area contributed by atoms with Gasteiger partial charge in [-0.05, 0) is 0 Å². The van der Waals surface area contributed by atoms with E-state index in [1.54, 1.807) is 0 Å². The molecular weight excluding hydrogens is 129 g/mol. The van der Waals surface area contributed by atoms with Gasteiger partial charge in [-0.15, -0.1) is 0 Å². The predicted octanol–water partition coefficient (Wildman–Crippen LogP) is -1.95. The van der Waals surface area contributed by atoms with Crippen LogP contribution in [0.5, 0.6) is 0 Å². The molecule has 0 aliphatic heterocycles. The largest absolute Gasteiger partial charge is 0 e. The quantitative estimate of drug-likeness (QED) is 0.351. The Kier molecular flexibility index (Phi) is 78.9. The second kappa shape index (κ2) is 19.2. The van der Waals surface area contributed by atoms with Crippen molar-refractivity contribution in [3.63, 3.8) is 0 Å². The predicted molar refractivity (Wildman–Crippen MR) is 17.8 cm³/mol. The zero-order valence-electron chi connectivity index (χ0n) is 1.69. The van der Waals surface area contributed by atoms with Gasteiger partial charge in [0.1, 0.15) is 0 Å². The Labute approximate surface area is 76.8 Å². The summed E-state index contributed by atoms with van der Waals surface area (Å²) >= 11 is 0. The fourth-order valence-electron chi connectivity index (χ4n) is 0. The molecule has 0 N–H and O–H groups in total. The van der Waals surface area contributed by atoms with E-state index in [-0.39, 0.29) is 63.6 Å². The second-order valence-electron chi connectivity index (χ2n) is 0. The zero-order chi connectivity index (χ0) is 2.00. The minimum Gasteiger partial charge on any atom is 0 e. The van der Waals surface area contributed by atoms with Crippen molar-refractivity contribution in [2.75, 3.05) is 0 Å². The van der Waals surface area contributed by atoms with Gasteiger partial charge >= 0.3 is 37.7 Å². The summed E-state index contributed by atoms with van der Waals surface area (Å²) < 4.78 is 8.28. The Balaban J connectivity index is -0.00000000500. The summed E-state index contributed by atoms with van der Waals surface area (Å²) in [6, 6.07) is 0. The Morgan fingerprint density at radius 1 is 1.25 bits per heavy atom. The van der Waals surface area contributed by atoms with E-state index in [2.05, 4.69) is 0 Å². The van der Waals surface area contributed by atoms with Crippen molar-refractivity contribution >= 4 is 47.9 Å². The van der Waals surface area contributed by atoms with Crippen LogP contribution in [0, 0.1) is 0 Å². The molecule has 0 atom stereocenters. The maximum Gasteiger partial charge on any atom is 0 e. The zero-order valence-corrected chi connectivity index (χ0v) is 4.91. The van der Waals surface area contributed by atoms with Gasteiger partial charge in [-0.25, -0.2) is 0 Å². The van der Waals surface area contributed by atoms with E-state index in [4.69, 9.17) is 4.46 Å². The van der Waals surface area contributed by atoms with Crippen LogP contribution in [0.1, 0.15) is 0 Å². The number of hydrogen-bond acceptors (Lipinski definition) is 1. The monoisotopic (exact) mass is 133 g/mol. The minimum absolute atomic E-state index is 0. The third kappa shape index (κ3) is 8.91. The molecule has 4 heteroatoms.